The fourth-order valence-electron chi connectivity index (χ4n) is 4.59. The molecule has 0 radical (unpaired) electrons. The van der Waals surface area contributed by atoms with Gasteiger partial charge in [-0.1, -0.05) is 0 Å². The summed E-state index contributed by atoms with van der Waals surface area (Å²) in [5, 5.41) is 0.684. The molecule has 6 heteroatoms. The van der Waals surface area contributed by atoms with Crippen LogP contribution in [0.15, 0.2) is 24.3 Å². The van der Waals surface area contributed by atoms with Gasteiger partial charge in [0.1, 0.15) is 0 Å². The molecule has 2 saturated heterocycles. The number of carbonyl (C=O) groups is 2. The number of benzene rings is 1. The number of ether oxygens (including phenoxy) is 1. The average molecular weight is 421 g/mol. The van der Waals surface area contributed by atoms with Crippen molar-refractivity contribution in [2.24, 2.45) is 11.8 Å². The van der Waals surface area contributed by atoms with E-state index in [1.54, 1.807) is 0 Å². The minimum absolute atomic E-state index is 0.0356. The molecule has 2 aromatic rings. The molecule has 0 spiro atoms. The molecule has 25 heavy (non-hydrogen) atoms. The van der Waals surface area contributed by atoms with Crippen molar-refractivity contribution in [1.29, 1.82) is 0 Å². The number of rotatable bonds is 2. The van der Waals surface area contributed by atoms with Crippen LogP contribution in [0.3, 0.4) is 0 Å². The van der Waals surface area contributed by atoms with Crippen molar-refractivity contribution in [2.75, 3.05) is 0 Å². The Morgan fingerprint density at radius 2 is 1.68 bits per heavy atom. The van der Waals surface area contributed by atoms with Crippen molar-refractivity contribution in [1.82, 2.24) is 4.98 Å². The zero-order valence-corrected chi connectivity index (χ0v) is 16.0. The number of aromatic nitrogens is 1. The van der Waals surface area contributed by atoms with Crippen LogP contribution in [0.25, 0.3) is 10.1 Å². The number of nitrogens with zero attached hydrogens (tertiary/aromatic N) is 1. The van der Waals surface area contributed by atoms with Crippen molar-refractivity contribution >= 4 is 37.7 Å². The van der Waals surface area contributed by atoms with Crippen molar-refractivity contribution in [2.45, 2.75) is 37.9 Å². The average Bonchev–Trinajstić information content (AvgIpc) is 3.33. The third-order valence-corrected chi connectivity index (χ3v) is 8.12. The van der Waals surface area contributed by atoms with Gasteiger partial charge in [0.15, 0.2) is 0 Å². The van der Waals surface area contributed by atoms with Crippen LogP contribution in [0.5, 0.6) is 0 Å². The van der Waals surface area contributed by atoms with Crippen molar-refractivity contribution in [3.8, 4) is 10.1 Å². The van der Waals surface area contributed by atoms with E-state index in [0.29, 0.717) is 10.7 Å². The van der Waals surface area contributed by atoms with E-state index in [0.717, 1.165) is 27.4 Å². The summed E-state index contributed by atoms with van der Waals surface area (Å²) in [6, 6.07) is 7.57. The van der Waals surface area contributed by atoms with Gasteiger partial charge < -0.3 is 0 Å². The normalized spacial score (nSPS) is 33.3. The summed E-state index contributed by atoms with van der Waals surface area (Å²) >= 11 is 6.00. The topological polar surface area (TPSA) is 56.3 Å². The monoisotopic (exact) mass is 421 g/mol. The predicted molar refractivity (Wildman–Crippen MR) is 94.0 cm³/mol. The Hall–Kier alpha value is -1.26. The number of fused-ring (bicyclic) bond motifs is 5. The first-order valence-corrected chi connectivity index (χ1v) is 10.6. The first-order chi connectivity index (χ1) is 12.0. The summed E-state index contributed by atoms with van der Waals surface area (Å²) in [6.45, 7) is 2.00. The molecule has 5 atom stereocenters. The number of halogens is 1. The Balaban J connectivity index is 1.53. The van der Waals surface area contributed by atoms with Crippen LogP contribution in [0.4, 0.5) is 0 Å². The molecule has 0 amide bonds. The fraction of sp³-hybridized carbons (Fsp3) is 0.421. The molecule has 2 aliphatic heterocycles. The summed E-state index contributed by atoms with van der Waals surface area (Å²) < 4.78 is 7.86. The molecule has 0 N–H and O–H groups in total. The van der Waals surface area contributed by atoms with E-state index in [9.17, 15) is 9.59 Å². The van der Waals surface area contributed by atoms with Gasteiger partial charge in [-0.15, -0.1) is 0 Å². The molecule has 1 aromatic carbocycles. The van der Waals surface area contributed by atoms with Gasteiger partial charge in [-0.05, 0) is 0 Å². The van der Waals surface area contributed by atoms with Gasteiger partial charge >= 0.3 is 156 Å². The SMILES string of the molecule is Cc1[se]c(-c2ccc(Cl)cc2)nc1C1C(=O)[C@@H]2[C@H](C1=O)[C@H]1CC[C@@H]2O1. The van der Waals surface area contributed by atoms with Crippen LogP contribution in [0, 0.1) is 18.8 Å². The van der Waals surface area contributed by atoms with Crippen LogP contribution in [0.2, 0.25) is 5.02 Å². The summed E-state index contributed by atoms with van der Waals surface area (Å²) in [4.78, 5) is 30.7. The van der Waals surface area contributed by atoms with E-state index < -0.39 is 5.92 Å². The third-order valence-electron chi connectivity index (χ3n) is 5.70. The molecule has 3 aliphatic rings. The first kappa shape index (κ1) is 16.0. The van der Waals surface area contributed by atoms with Crippen LogP contribution in [-0.4, -0.2) is 43.3 Å². The Morgan fingerprint density at radius 1 is 1.08 bits per heavy atom. The molecule has 1 unspecified atom stereocenters. The van der Waals surface area contributed by atoms with E-state index >= 15 is 0 Å². The quantitative estimate of drug-likeness (QED) is 0.554. The summed E-state index contributed by atoms with van der Waals surface area (Å²) in [5.41, 5.74) is 1.72. The maximum atomic E-state index is 13.0. The fourth-order valence-corrected chi connectivity index (χ4v) is 6.72. The standard InChI is InChI=1S/C19H16ClNO3Se/c1-8-16(21-19(25-8)9-2-4-10(20)5-3-9)15-17(22)13-11-6-7-12(24-11)14(13)18(15)23/h2-5,11-15H,6-7H2,1H3/t11-,12+,13-,14+,15?. The summed E-state index contributed by atoms with van der Waals surface area (Å²) in [5.74, 6) is -1.08. The Labute approximate surface area is 156 Å². The zero-order valence-electron chi connectivity index (χ0n) is 13.6. The second-order valence-electron chi connectivity index (χ2n) is 7.05. The van der Waals surface area contributed by atoms with Gasteiger partial charge in [0.05, 0.1) is 0 Å². The van der Waals surface area contributed by atoms with E-state index in [1.807, 2.05) is 31.2 Å². The second-order valence-corrected chi connectivity index (χ2v) is 10.0. The Kier molecular flexibility index (Phi) is 3.58. The molecule has 1 aromatic heterocycles. The molecule has 1 saturated carbocycles. The predicted octanol–water partition coefficient (Wildman–Crippen LogP) is 2.80. The summed E-state index contributed by atoms with van der Waals surface area (Å²) in [6.07, 6.45) is 1.70. The number of hydrogen-bond donors (Lipinski definition) is 0. The molecular weight excluding hydrogens is 405 g/mol. The molecule has 4 nitrogen and oxygen atoms in total. The van der Waals surface area contributed by atoms with Gasteiger partial charge in [-0.25, -0.2) is 0 Å². The van der Waals surface area contributed by atoms with Crippen LogP contribution in [0.1, 0.15) is 28.9 Å². The van der Waals surface area contributed by atoms with Crippen molar-refractivity contribution in [3.05, 3.63) is 39.4 Å². The minimum atomic E-state index is -0.673. The second kappa shape index (κ2) is 5.62. The van der Waals surface area contributed by atoms with Crippen molar-refractivity contribution in [3.63, 3.8) is 0 Å². The van der Waals surface area contributed by atoms with E-state index in [1.165, 1.54) is 0 Å². The number of aryl methyl sites for hydroxylation is 1. The van der Waals surface area contributed by atoms with Gasteiger partial charge in [0, 0.05) is 0 Å². The van der Waals surface area contributed by atoms with Gasteiger partial charge in [-0.2, -0.15) is 0 Å². The molecule has 2 bridgehead atoms. The molecule has 1 aliphatic carbocycles. The van der Waals surface area contributed by atoms with E-state index in [-0.39, 0.29) is 50.1 Å². The van der Waals surface area contributed by atoms with Crippen molar-refractivity contribution < 1.29 is 14.3 Å². The molecule has 3 heterocycles. The zero-order chi connectivity index (χ0) is 17.3. The van der Waals surface area contributed by atoms with Gasteiger partial charge in [0.25, 0.3) is 0 Å². The first-order valence-electron chi connectivity index (χ1n) is 8.51. The molecule has 128 valence electrons. The van der Waals surface area contributed by atoms with E-state index in [4.69, 9.17) is 21.3 Å². The number of carbonyl (C=O) groups excluding carboxylic acids is 2. The molecule has 5 rings (SSSR count). The van der Waals surface area contributed by atoms with Crippen LogP contribution < -0.4 is 0 Å². The number of ketones is 2. The van der Waals surface area contributed by atoms with Crippen LogP contribution in [-0.2, 0) is 14.3 Å². The molecular formula is C19H16ClNO3Se. The summed E-state index contributed by atoms with van der Waals surface area (Å²) in [7, 11) is 0. The third kappa shape index (κ3) is 2.26. The van der Waals surface area contributed by atoms with Crippen LogP contribution >= 0.6 is 11.6 Å². The molecule has 3 fully saturated rings. The van der Waals surface area contributed by atoms with Gasteiger partial charge in [-0.3, -0.25) is 0 Å². The number of Topliss-reactive ketones (excluding diaryl/α,β-unsaturated/α-hetero) is 2. The van der Waals surface area contributed by atoms with E-state index in [2.05, 4.69) is 0 Å². The Bertz CT molecular complexity index is 863. The number of hydrogen-bond acceptors (Lipinski definition) is 4. The van der Waals surface area contributed by atoms with Gasteiger partial charge in [0.2, 0.25) is 0 Å². The Morgan fingerprint density at radius 3 is 2.28 bits per heavy atom. The maximum absolute atomic E-state index is 13.0.